The first kappa shape index (κ1) is 17.2. The van der Waals surface area contributed by atoms with Crippen molar-refractivity contribution in [1.82, 2.24) is 0 Å². The summed E-state index contributed by atoms with van der Waals surface area (Å²) < 4.78 is 79.2. The molecule has 0 aliphatic carbocycles. The van der Waals surface area contributed by atoms with Crippen LogP contribution >= 0.6 is 7.60 Å². The van der Waals surface area contributed by atoms with Crippen molar-refractivity contribution in [3.63, 3.8) is 0 Å². The van der Waals surface area contributed by atoms with E-state index in [0.717, 1.165) is 0 Å². The lowest BCUT2D eigenvalue weighted by Gasteiger charge is -2.18. The molecule has 114 valence electrons. The Labute approximate surface area is 114 Å². The van der Waals surface area contributed by atoms with Crippen LogP contribution in [0.3, 0.4) is 0 Å². The summed E-state index contributed by atoms with van der Waals surface area (Å²) in [7, 11) is -10.5. The molecule has 0 N–H and O–H groups in total. The Morgan fingerprint density at radius 3 is 2.25 bits per heavy atom. The SMILES string of the molecule is CCOP(=O)(Cc1ccccc1)[18O]S(=O)(=O)C(F)(F)F. The third-order valence-electron chi connectivity index (χ3n) is 2.04. The summed E-state index contributed by atoms with van der Waals surface area (Å²) in [5.74, 6) is 0. The van der Waals surface area contributed by atoms with Crippen LogP contribution in [0, 0.1) is 0 Å². The van der Waals surface area contributed by atoms with E-state index in [2.05, 4.69) is 8.49 Å². The van der Waals surface area contributed by atoms with Crippen LogP contribution in [0.15, 0.2) is 30.3 Å². The molecule has 0 radical (unpaired) electrons. The lowest BCUT2D eigenvalue weighted by molar-refractivity contribution is -0.0505. The van der Waals surface area contributed by atoms with Gasteiger partial charge in [0.05, 0.1) is 12.8 Å². The molecule has 0 saturated heterocycles. The molecule has 0 spiro atoms. The average molecular weight is 334 g/mol. The standard InChI is InChI=1S/C10H12F3O5PS/c1-2-17-19(14,8-9-6-4-3-5-7-9)18-20(15,16)10(11,12)13/h3-7H,2,8H2,1H3/i18+2. The van der Waals surface area contributed by atoms with Gasteiger partial charge in [0.15, 0.2) is 0 Å². The van der Waals surface area contributed by atoms with Gasteiger partial charge in [0, 0.05) is 0 Å². The first-order chi connectivity index (χ1) is 9.10. The topological polar surface area (TPSA) is 69.7 Å². The van der Waals surface area contributed by atoms with E-state index in [1.54, 1.807) is 18.2 Å². The van der Waals surface area contributed by atoms with Crippen molar-refractivity contribution in [2.75, 3.05) is 6.61 Å². The van der Waals surface area contributed by atoms with Gasteiger partial charge in [0.25, 0.3) is 0 Å². The number of halogens is 3. The Bertz CT molecular complexity index is 585. The predicted octanol–water partition coefficient (Wildman–Crippen LogP) is 3.28. The fourth-order valence-corrected chi connectivity index (χ4v) is 4.35. The van der Waals surface area contributed by atoms with Crippen molar-refractivity contribution in [1.29, 1.82) is 0 Å². The van der Waals surface area contributed by atoms with E-state index in [4.69, 9.17) is 0 Å². The average Bonchev–Trinajstić information content (AvgIpc) is 2.27. The minimum Gasteiger partial charge on any atom is -0.308 e. The number of hydrogen-bond acceptors (Lipinski definition) is 5. The van der Waals surface area contributed by atoms with Crippen molar-refractivity contribution in [2.24, 2.45) is 0 Å². The van der Waals surface area contributed by atoms with Gasteiger partial charge in [-0.15, -0.1) is 0 Å². The molecule has 0 amide bonds. The largest absolute Gasteiger partial charge is 0.523 e. The van der Waals surface area contributed by atoms with Crippen molar-refractivity contribution < 1.29 is 34.6 Å². The zero-order chi connectivity index (χ0) is 15.4. The number of alkyl halides is 3. The number of rotatable bonds is 6. The van der Waals surface area contributed by atoms with Crippen LogP contribution < -0.4 is 0 Å². The Morgan fingerprint density at radius 2 is 1.80 bits per heavy atom. The predicted molar refractivity (Wildman–Crippen MR) is 65.4 cm³/mol. The van der Waals surface area contributed by atoms with E-state index in [1.807, 2.05) is 0 Å². The molecular formula is C10H12F3O5PS. The normalized spacial score (nSPS) is 15.8. The minimum absolute atomic E-state index is 0.252. The second-order valence-electron chi connectivity index (χ2n) is 3.65. The zero-order valence-electron chi connectivity index (χ0n) is 10.3. The van der Waals surface area contributed by atoms with Gasteiger partial charge in [-0.25, -0.2) is 0 Å². The van der Waals surface area contributed by atoms with Gasteiger partial charge < -0.3 is 4.52 Å². The van der Waals surface area contributed by atoms with Crippen LogP contribution in [0.1, 0.15) is 12.5 Å². The monoisotopic (exact) mass is 334 g/mol. The van der Waals surface area contributed by atoms with Crippen LogP contribution in [0.4, 0.5) is 13.2 Å². The van der Waals surface area contributed by atoms with E-state index < -0.39 is 29.4 Å². The van der Waals surface area contributed by atoms with Gasteiger partial charge in [-0.3, -0.25) is 4.57 Å². The number of benzene rings is 1. The highest BCUT2D eigenvalue weighted by atomic mass is 32.3. The fraction of sp³-hybridized carbons (Fsp3) is 0.400. The molecule has 0 aromatic heterocycles. The van der Waals surface area contributed by atoms with Gasteiger partial charge in [-0.2, -0.15) is 25.6 Å². The molecule has 1 aromatic carbocycles. The molecule has 0 saturated carbocycles. The number of hydrogen-bond donors (Lipinski definition) is 0. The van der Waals surface area contributed by atoms with Crippen molar-refractivity contribution in [3.05, 3.63) is 35.9 Å². The maximum Gasteiger partial charge on any atom is 0.523 e. The second-order valence-corrected chi connectivity index (χ2v) is 7.41. The van der Waals surface area contributed by atoms with E-state index in [0.29, 0.717) is 5.56 Å². The fourth-order valence-electron chi connectivity index (χ4n) is 1.29. The molecule has 1 unspecified atom stereocenters. The first-order valence-corrected chi connectivity index (χ1v) is 8.53. The van der Waals surface area contributed by atoms with Crippen LogP contribution in [0.25, 0.3) is 0 Å². The molecule has 0 aliphatic rings. The maximum atomic E-state index is 12.3. The summed E-state index contributed by atoms with van der Waals surface area (Å²) in [5, 5.41) is 0. The van der Waals surface area contributed by atoms with Gasteiger partial charge in [0.1, 0.15) is 0 Å². The molecule has 5 nitrogen and oxygen atoms in total. The highest BCUT2D eigenvalue weighted by molar-refractivity contribution is 7.91. The van der Waals surface area contributed by atoms with Gasteiger partial charge >= 0.3 is 23.2 Å². The lowest BCUT2D eigenvalue weighted by atomic mass is 10.2. The third-order valence-corrected chi connectivity index (χ3v) is 5.70. The van der Waals surface area contributed by atoms with Crippen molar-refractivity contribution in [2.45, 2.75) is 18.6 Å². The van der Waals surface area contributed by atoms with Crippen LogP contribution in [-0.2, 0) is 29.3 Å². The molecule has 1 rings (SSSR count). The van der Waals surface area contributed by atoms with Gasteiger partial charge in [0.2, 0.25) is 0 Å². The third kappa shape index (κ3) is 4.59. The van der Waals surface area contributed by atoms with E-state index in [9.17, 15) is 26.2 Å². The van der Waals surface area contributed by atoms with E-state index >= 15 is 0 Å². The quantitative estimate of drug-likeness (QED) is 0.454. The molecule has 10 heteroatoms. The van der Waals surface area contributed by atoms with Crippen LogP contribution in [-0.4, -0.2) is 20.5 Å². The van der Waals surface area contributed by atoms with Crippen molar-refractivity contribution in [3.8, 4) is 0 Å². The minimum atomic E-state index is -5.99. The first-order valence-electron chi connectivity index (χ1n) is 5.40. The Kier molecular flexibility index (Phi) is 5.37. The smallest absolute Gasteiger partial charge is 0.308 e. The summed E-state index contributed by atoms with van der Waals surface area (Å²) >= 11 is 0. The Balaban J connectivity index is 3.02. The van der Waals surface area contributed by atoms with Crippen molar-refractivity contribution >= 4 is 17.7 Å². The van der Waals surface area contributed by atoms with Gasteiger partial charge in [-0.05, 0) is 12.5 Å². The molecule has 1 aromatic rings. The summed E-state index contributed by atoms with van der Waals surface area (Å²) in [6.07, 6.45) is -0.572. The molecule has 0 fully saturated rings. The summed E-state index contributed by atoms with van der Waals surface area (Å²) in [4.78, 5) is 0. The lowest BCUT2D eigenvalue weighted by Crippen LogP contribution is -2.25. The Morgan fingerprint density at radius 1 is 1.25 bits per heavy atom. The molecule has 20 heavy (non-hydrogen) atoms. The van der Waals surface area contributed by atoms with Crippen LogP contribution in [0.5, 0.6) is 0 Å². The molecule has 0 bridgehead atoms. The van der Waals surface area contributed by atoms with E-state index in [1.165, 1.54) is 19.1 Å². The van der Waals surface area contributed by atoms with Gasteiger partial charge in [-0.1, -0.05) is 30.3 Å². The molecular weight excluding hydrogens is 322 g/mol. The highest BCUT2D eigenvalue weighted by Gasteiger charge is 2.51. The maximum absolute atomic E-state index is 12.3. The Hall–Kier alpha value is -0.890. The zero-order valence-corrected chi connectivity index (χ0v) is 12.0. The summed E-state index contributed by atoms with van der Waals surface area (Å²) in [6, 6.07) is 7.70. The second kappa shape index (κ2) is 6.26. The van der Waals surface area contributed by atoms with Crippen LogP contribution in [0.2, 0.25) is 0 Å². The molecule has 0 heterocycles. The van der Waals surface area contributed by atoms with E-state index in [-0.39, 0.29) is 6.61 Å². The molecule has 0 aliphatic heterocycles. The summed E-state index contributed by atoms with van der Waals surface area (Å²) in [6.45, 7) is 1.11. The summed E-state index contributed by atoms with van der Waals surface area (Å²) in [5.41, 5.74) is -5.32. The molecule has 1 atom stereocenters. The highest BCUT2D eigenvalue weighted by Crippen LogP contribution is 2.54.